The fourth-order valence-electron chi connectivity index (χ4n) is 3.70. The molecule has 8 nitrogen and oxygen atoms in total. The number of hydrogen-bond donors (Lipinski definition) is 2. The predicted molar refractivity (Wildman–Crippen MR) is 136 cm³/mol. The number of unbranched alkanes of at least 4 members (excludes halogenated alkanes) is 2. The monoisotopic (exact) mass is 486 g/mol. The van der Waals surface area contributed by atoms with Crippen LogP contribution in [0.15, 0.2) is 24.3 Å². The molecule has 0 bridgehead atoms. The van der Waals surface area contributed by atoms with Crippen LogP contribution >= 0.6 is 0 Å². The maximum absolute atomic E-state index is 13.9. The minimum Gasteiger partial charge on any atom is -0.444 e. The molecule has 0 saturated carbocycles. The van der Waals surface area contributed by atoms with Crippen LogP contribution in [0, 0.1) is 24.2 Å². The van der Waals surface area contributed by atoms with Crippen LogP contribution in [0.5, 0.6) is 0 Å². The van der Waals surface area contributed by atoms with E-state index in [0.29, 0.717) is 18.5 Å². The van der Waals surface area contributed by atoms with Gasteiger partial charge in [0.05, 0.1) is 6.07 Å². The Labute approximate surface area is 210 Å². The highest BCUT2D eigenvalue weighted by Gasteiger charge is 2.38. The van der Waals surface area contributed by atoms with Crippen molar-refractivity contribution in [3.05, 3.63) is 35.4 Å². The number of alkyl carbamates (subject to hydrolysis) is 1. The third-order valence-corrected chi connectivity index (χ3v) is 5.80. The first kappa shape index (κ1) is 30.0. The third kappa shape index (κ3) is 9.59. The number of benzene rings is 1. The second-order valence-corrected chi connectivity index (χ2v) is 9.89. The first-order valence-electron chi connectivity index (χ1n) is 12.5. The molecule has 0 heterocycles. The average molecular weight is 487 g/mol. The van der Waals surface area contributed by atoms with Gasteiger partial charge in [-0.25, -0.2) is 4.79 Å². The first-order chi connectivity index (χ1) is 16.5. The molecule has 2 N–H and O–H groups in total. The second-order valence-electron chi connectivity index (χ2n) is 9.89. The number of nitrogens with zero attached hydrogens (tertiary/aromatic N) is 2. The number of amides is 3. The van der Waals surface area contributed by atoms with E-state index in [1.807, 2.05) is 39.0 Å². The van der Waals surface area contributed by atoms with Crippen molar-refractivity contribution in [1.82, 2.24) is 15.5 Å². The van der Waals surface area contributed by atoms with Crippen molar-refractivity contribution >= 4 is 17.9 Å². The Morgan fingerprint density at radius 3 is 2.34 bits per heavy atom. The zero-order valence-corrected chi connectivity index (χ0v) is 22.3. The molecule has 3 amide bonds. The first-order valence-corrected chi connectivity index (χ1v) is 12.5. The van der Waals surface area contributed by atoms with Crippen molar-refractivity contribution in [3.63, 3.8) is 0 Å². The lowest BCUT2D eigenvalue weighted by atomic mass is 9.94. The van der Waals surface area contributed by atoms with Gasteiger partial charge in [0.1, 0.15) is 24.2 Å². The molecule has 1 aromatic carbocycles. The summed E-state index contributed by atoms with van der Waals surface area (Å²) < 4.78 is 5.38. The van der Waals surface area contributed by atoms with Crippen molar-refractivity contribution in [2.24, 2.45) is 5.92 Å². The van der Waals surface area contributed by atoms with E-state index in [2.05, 4.69) is 17.6 Å². The van der Waals surface area contributed by atoms with Gasteiger partial charge in [-0.1, -0.05) is 64.3 Å². The maximum Gasteiger partial charge on any atom is 0.408 e. The van der Waals surface area contributed by atoms with Crippen LogP contribution in [-0.4, -0.2) is 47.5 Å². The van der Waals surface area contributed by atoms with Gasteiger partial charge in [0, 0.05) is 6.54 Å². The van der Waals surface area contributed by atoms with Gasteiger partial charge in [0.15, 0.2) is 0 Å². The van der Waals surface area contributed by atoms with Crippen LogP contribution < -0.4 is 10.6 Å². The van der Waals surface area contributed by atoms with Crippen LogP contribution in [0.2, 0.25) is 0 Å². The number of carbonyl (C=O) groups is 3. The summed E-state index contributed by atoms with van der Waals surface area (Å²) in [7, 11) is 0. The highest BCUT2D eigenvalue weighted by Crippen LogP contribution is 2.26. The molecular formula is C27H42N4O4. The van der Waals surface area contributed by atoms with Crippen molar-refractivity contribution in [2.45, 2.75) is 91.8 Å². The largest absolute Gasteiger partial charge is 0.444 e. The normalized spacial score (nSPS) is 13.7. The van der Waals surface area contributed by atoms with Gasteiger partial charge in [0.25, 0.3) is 0 Å². The van der Waals surface area contributed by atoms with Crippen molar-refractivity contribution in [2.75, 3.05) is 13.1 Å². The van der Waals surface area contributed by atoms with Gasteiger partial charge in [-0.05, 0) is 51.2 Å². The van der Waals surface area contributed by atoms with Gasteiger partial charge in [-0.3, -0.25) is 9.59 Å². The van der Waals surface area contributed by atoms with Crippen molar-refractivity contribution in [1.29, 1.82) is 5.26 Å². The molecule has 3 atom stereocenters. The van der Waals surface area contributed by atoms with Crippen LogP contribution in [-0.2, 0) is 14.3 Å². The fourth-order valence-corrected chi connectivity index (χ4v) is 3.70. The van der Waals surface area contributed by atoms with E-state index in [1.54, 1.807) is 32.9 Å². The second kappa shape index (κ2) is 14.3. The Kier molecular flexibility index (Phi) is 12.3. The van der Waals surface area contributed by atoms with E-state index in [-0.39, 0.29) is 18.4 Å². The molecule has 1 aromatic rings. The Morgan fingerprint density at radius 1 is 1.14 bits per heavy atom. The van der Waals surface area contributed by atoms with Crippen molar-refractivity contribution < 1.29 is 19.1 Å². The number of aryl methyl sites for hydroxylation is 1. The van der Waals surface area contributed by atoms with E-state index in [4.69, 9.17) is 4.74 Å². The third-order valence-electron chi connectivity index (χ3n) is 5.80. The van der Waals surface area contributed by atoms with E-state index in [0.717, 1.165) is 24.8 Å². The zero-order valence-electron chi connectivity index (χ0n) is 22.3. The summed E-state index contributed by atoms with van der Waals surface area (Å²) in [5.74, 6) is -1.09. The Hall–Kier alpha value is -3.08. The van der Waals surface area contributed by atoms with Gasteiger partial charge < -0.3 is 20.3 Å². The number of ether oxygens (including phenoxy) is 1. The van der Waals surface area contributed by atoms with Crippen LogP contribution in [0.4, 0.5) is 4.79 Å². The van der Waals surface area contributed by atoms with E-state index >= 15 is 0 Å². The molecule has 0 aliphatic carbocycles. The molecule has 0 aromatic heterocycles. The summed E-state index contributed by atoms with van der Waals surface area (Å²) >= 11 is 0. The summed E-state index contributed by atoms with van der Waals surface area (Å²) in [5.41, 5.74) is 0.739. The summed E-state index contributed by atoms with van der Waals surface area (Å²) in [4.78, 5) is 41.1. The minimum atomic E-state index is -1.00. The van der Waals surface area contributed by atoms with E-state index in [9.17, 15) is 19.6 Å². The Bertz CT molecular complexity index is 888. The van der Waals surface area contributed by atoms with Crippen LogP contribution in [0.1, 0.15) is 84.4 Å². The molecule has 0 aliphatic rings. The van der Waals surface area contributed by atoms with E-state index < -0.39 is 29.7 Å². The van der Waals surface area contributed by atoms with Crippen LogP contribution in [0.3, 0.4) is 0 Å². The summed E-state index contributed by atoms with van der Waals surface area (Å²) in [6, 6.07) is 7.40. The quantitative estimate of drug-likeness (QED) is 0.330. The highest BCUT2D eigenvalue weighted by atomic mass is 16.6. The maximum atomic E-state index is 13.9. The number of rotatable bonds is 12. The molecule has 0 fully saturated rings. The standard InChI is InChI=1S/C27H42N4O4/c1-8-10-13-17-29-24(32)23(21-15-12-11-14-20(21)4)31(18-16-28)25(33)22(19(3)9-2)30-26(34)35-27(5,6)7/h11-12,14-15,19,22-23H,8-10,13,17-18H2,1-7H3,(H,29,32)(H,30,34). The summed E-state index contributed by atoms with van der Waals surface area (Å²) in [6.07, 6.45) is 2.70. The van der Waals surface area contributed by atoms with Gasteiger partial charge in [0.2, 0.25) is 11.8 Å². The molecule has 0 spiro atoms. The number of carbonyl (C=O) groups excluding carboxylic acids is 3. The van der Waals surface area contributed by atoms with Crippen LogP contribution in [0.25, 0.3) is 0 Å². The average Bonchev–Trinajstić information content (AvgIpc) is 2.79. The van der Waals surface area contributed by atoms with Gasteiger partial charge in [-0.15, -0.1) is 0 Å². The summed E-state index contributed by atoms with van der Waals surface area (Å²) in [5, 5.41) is 15.2. The molecule has 0 aliphatic heterocycles. The number of nitrogens with one attached hydrogen (secondary N) is 2. The van der Waals surface area contributed by atoms with Crippen molar-refractivity contribution in [3.8, 4) is 6.07 Å². The predicted octanol–water partition coefficient (Wildman–Crippen LogP) is 4.63. The minimum absolute atomic E-state index is 0.249. The van der Waals surface area contributed by atoms with E-state index in [1.165, 1.54) is 4.90 Å². The highest BCUT2D eigenvalue weighted by molar-refractivity contribution is 5.92. The molecule has 35 heavy (non-hydrogen) atoms. The molecule has 3 unspecified atom stereocenters. The number of nitriles is 1. The number of hydrogen-bond acceptors (Lipinski definition) is 5. The lowest BCUT2D eigenvalue weighted by molar-refractivity contribution is -0.142. The fraction of sp³-hybridized carbons (Fsp3) is 0.630. The zero-order chi connectivity index (χ0) is 26.6. The molecule has 8 heteroatoms. The lowest BCUT2D eigenvalue weighted by Crippen LogP contribution is -2.55. The topological polar surface area (TPSA) is 112 Å². The molecule has 0 radical (unpaired) electrons. The smallest absolute Gasteiger partial charge is 0.408 e. The Morgan fingerprint density at radius 2 is 1.80 bits per heavy atom. The Balaban J connectivity index is 3.40. The summed E-state index contributed by atoms with van der Waals surface area (Å²) in [6.45, 7) is 13.1. The molecule has 194 valence electrons. The molecule has 1 rings (SSSR count). The van der Waals surface area contributed by atoms with Gasteiger partial charge in [-0.2, -0.15) is 5.26 Å². The lowest BCUT2D eigenvalue weighted by Gasteiger charge is -2.35. The molecular weight excluding hydrogens is 444 g/mol. The SMILES string of the molecule is CCCCCNC(=O)C(c1ccccc1C)N(CC#N)C(=O)C(NC(=O)OC(C)(C)C)C(C)CC. The van der Waals surface area contributed by atoms with Gasteiger partial charge >= 0.3 is 6.09 Å². The molecule has 0 saturated heterocycles.